The number of aromatic nitrogens is 2. The molecule has 0 aliphatic carbocycles. The molecule has 140 valence electrons. The summed E-state index contributed by atoms with van der Waals surface area (Å²) in [6.45, 7) is 2.71. The highest BCUT2D eigenvalue weighted by Crippen LogP contribution is 2.32. The number of aryl methyl sites for hydroxylation is 2. The maximum Gasteiger partial charge on any atom is 0.174 e. The molecule has 1 atom stereocenters. The number of ketones is 1. The fourth-order valence-corrected chi connectivity index (χ4v) is 4.60. The number of Topliss-reactive ketones (excluding diaryl/α,β-unsaturated/α-hetero) is 1. The Balaban J connectivity index is 1.56. The number of rotatable bonds is 5. The second-order valence-electron chi connectivity index (χ2n) is 7.82. The van der Waals surface area contributed by atoms with Crippen molar-refractivity contribution >= 4 is 33.3 Å². The smallest absolute Gasteiger partial charge is 0.174 e. The Morgan fingerprint density at radius 1 is 1.18 bits per heavy atom. The molecule has 0 amide bonds. The molecule has 2 aromatic carbocycles. The summed E-state index contributed by atoms with van der Waals surface area (Å²) in [4.78, 5) is 16.8. The highest BCUT2D eigenvalue weighted by atomic mass is 16.1. The van der Waals surface area contributed by atoms with E-state index >= 15 is 0 Å². The number of aromatic amines is 1. The SMILES string of the molecule is CC(=N)C(Cc1c[nH]c2ccccc12)C(=O)c1cn2c3c(cccc13)CCC2. The summed E-state index contributed by atoms with van der Waals surface area (Å²) in [5, 5.41) is 10.5. The third kappa shape index (κ3) is 2.60. The van der Waals surface area contributed by atoms with E-state index in [1.54, 1.807) is 6.92 Å². The highest BCUT2D eigenvalue weighted by Gasteiger charge is 2.28. The van der Waals surface area contributed by atoms with Gasteiger partial charge in [0.2, 0.25) is 0 Å². The van der Waals surface area contributed by atoms with Crippen LogP contribution >= 0.6 is 0 Å². The molecule has 0 spiro atoms. The fourth-order valence-electron chi connectivity index (χ4n) is 4.60. The summed E-state index contributed by atoms with van der Waals surface area (Å²) in [5.41, 5.74) is 5.86. The molecule has 0 radical (unpaired) electrons. The predicted molar refractivity (Wildman–Crippen MR) is 113 cm³/mol. The molecule has 1 aliphatic heterocycles. The summed E-state index contributed by atoms with van der Waals surface area (Å²) < 4.78 is 2.23. The van der Waals surface area contributed by atoms with Gasteiger partial charge in [-0.2, -0.15) is 0 Å². The van der Waals surface area contributed by atoms with Crippen LogP contribution < -0.4 is 0 Å². The molecule has 2 N–H and O–H groups in total. The normalized spacial score (nSPS) is 14.5. The van der Waals surface area contributed by atoms with Crippen molar-refractivity contribution in [3.8, 4) is 0 Å². The molecule has 0 saturated heterocycles. The van der Waals surface area contributed by atoms with E-state index in [-0.39, 0.29) is 5.78 Å². The Labute approximate surface area is 163 Å². The topological polar surface area (TPSA) is 61.6 Å². The largest absolute Gasteiger partial charge is 0.361 e. The Morgan fingerprint density at radius 3 is 2.86 bits per heavy atom. The van der Waals surface area contributed by atoms with Crippen molar-refractivity contribution in [3.63, 3.8) is 0 Å². The van der Waals surface area contributed by atoms with Gasteiger partial charge < -0.3 is 15.0 Å². The minimum atomic E-state index is -0.442. The quantitative estimate of drug-likeness (QED) is 0.371. The standard InChI is InChI=1S/C24H23N3O/c1-15(25)20(12-17-13-26-22-10-3-2-8-18(17)22)24(28)21-14-27-11-5-7-16-6-4-9-19(21)23(16)27/h2-4,6,8-10,13-14,20,25-26H,5,7,11-12H2,1H3. The first kappa shape index (κ1) is 17.0. The van der Waals surface area contributed by atoms with Gasteiger partial charge in [-0.1, -0.05) is 36.4 Å². The van der Waals surface area contributed by atoms with E-state index < -0.39 is 5.92 Å². The van der Waals surface area contributed by atoms with Gasteiger partial charge in [0.15, 0.2) is 5.78 Å². The first-order valence-electron chi connectivity index (χ1n) is 9.88. The maximum atomic E-state index is 13.6. The molecule has 5 rings (SSSR count). The summed E-state index contributed by atoms with van der Waals surface area (Å²) in [6, 6.07) is 14.4. The summed E-state index contributed by atoms with van der Waals surface area (Å²) in [6.07, 6.45) is 6.71. The number of carbonyl (C=O) groups excluding carboxylic acids is 1. The fraction of sp³-hybridized carbons (Fsp3) is 0.250. The lowest BCUT2D eigenvalue weighted by Crippen LogP contribution is -2.24. The molecule has 1 unspecified atom stereocenters. The third-order valence-electron chi connectivity index (χ3n) is 6.03. The number of benzene rings is 2. The van der Waals surface area contributed by atoms with Gasteiger partial charge in [0.25, 0.3) is 0 Å². The molecule has 28 heavy (non-hydrogen) atoms. The molecule has 3 heterocycles. The Bertz CT molecular complexity index is 1230. The molecule has 0 bridgehead atoms. The number of H-pyrrole nitrogens is 1. The molecule has 2 aromatic heterocycles. The van der Waals surface area contributed by atoms with Crippen molar-refractivity contribution < 1.29 is 4.79 Å². The lowest BCUT2D eigenvalue weighted by molar-refractivity contribution is 0.0955. The average Bonchev–Trinajstić information content (AvgIpc) is 3.29. The van der Waals surface area contributed by atoms with Gasteiger partial charge in [-0.3, -0.25) is 4.79 Å². The zero-order chi connectivity index (χ0) is 19.3. The lowest BCUT2D eigenvalue weighted by atomic mass is 9.87. The number of nitrogens with zero attached hydrogens (tertiary/aromatic N) is 1. The van der Waals surface area contributed by atoms with Crippen LogP contribution in [-0.2, 0) is 19.4 Å². The van der Waals surface area contributed by atoms with E-state index in [0.29, 0.717) is 12.1 Å². The monoisotopic (exact) mass is 369 g/mol. The first-order chi connectivity index (χ1) is 13.6. The van der Waals surface area contributed by atoms with Crippen molar-refractivity contribution in [2.24, 2.45) is 5.92 Å². The zero-order valence-electron chi connectivity index (χ0n) is 16.0. The number of fused-ring (bicyclic) bond motifs is 1. The van der Waals surface area contributed by atoms with Crippen LogP contribution in [0.15, 0.2) is 54.9 Å². The predicted octanol–water partition coefficient (Wildman–Crippen LogP) is 5.15. The minimum Gasteiger partial charge on any atom is -0.361 e. The first-order valence-corrected chi connectivity index (χ1v) is 9.88. The van der Waals surface area contributed by atoms with Crippen LogP contribution in [0.25, 0.3) is 21.8 Å². The van der Waals surface area contributed by atoms with Gasteiger partial charge in [0, 0.05) is 46.5 Å². The van der Waals surface area contributed by atoms with Crippen LogP contribution in [0.2, 0.25) is 0 Å². The maximum absolute atomic E-state index is 13.6. The molecular formula is C24H23N3O. The zero-order valence-corrected chi connectivity index (χ0v) is 16.0. The molecular weight excluding hydrogens is 346 g/mol. The number of carbonyl (C=O) groups is 1. The van der Waals surface area contributed by atoms with E-state index in [4.69, 9.17) is 5.41 Å². The molecule has 4 heteroatoms. The summed E-state index contributed by atoms with van der Waals surface area (Å²) >= 11 is 0. The van der Waals surface area contributed by atoms with Crippen LogP contribution in [-0.4, -0.2) is 21.0 Å². The van der Waals surface area contributed by atoms with Crippen molar-refractivity contribution in [1.29, 1.82) is 5.41 Å². The van der Waals surface area contributed by atoms with Gasteiger partial charge in [0.05, 0.1) is 11.4 Å². The van der Waals surface area contributed by atoms with E-state index in [2.05, 4.69) is 33.8 Å². The minimum absolute atomic E-state index is 0.0561. The Morgan fingerprint density at radius 2 is 2.00 bits per heavy atom. The average molecular weight is 369 g/mol. The van der Waals surface area contributed by atoms with Gasteiger partial charge >= 0.3 is 0 Å². The van der Waals surface area contributed by atoms with Crippen LogP contribution in [0, 0.1) is 11.3 Å². The molecule has 1 aliphatic rings. The molecule has 0 fully saturated rings. The Kier molecular flexibility index (Phi) is 3.93. The van der Waals surface area contributed by atoms with Gasteiger partial charge in [-0.25, -0.2) is 0 Å². The van der Waals surface area contributed by atoms with Gasteiger partial charge in [-0.15, -0.1) is 0 Å². The summed E-state index contributed by atoms with van der Waals surface area (Å²) in [5.74, 6) is -0.386. The number of hydrogen-bond donors (Lipinski definition) is 2. The van der Waals surface area contributed by atoms with Crippen molar-refractivity contribution in [1.82, 2.24) is 9.55 Å². The van der Waals surface area contributed by atoms with Crippen LogP contribution in [0.1, 0.15) is 34.8 Å². The third-order valence-corrected chi connectivity index (χ3v) is 6.03. The number of hydrogen-bond acceptors (Lipinski definition) is 2. The number of nitrogens with one attached hydrogen (secondary N) is 2. The molecule has 4 nitrogen and oxygen atoms in total. The van der Waals surface area contributed by atoms with E-state index in [9.17, 15) is 4.79 Å². The second kappa shape index (κ2) is 6.48. The van der Waals surface area contributed by atoms with E-state index in [1.165, 1.54) is 11.1 Å². The van der Waals surface area contributed by atoms with E-state index in [0.717, 1.165) is 46.8 Å². The number of para-hydroxylation sites is 2. The summed E-state index contributed by atoms with van der Waals surface area (Å²) in [7, 11) is 0. The van der Waals surface area contributed by atoms with Crippen LogP contribution in [0.3, 0.4) is 0 Å². The highest BCUT2D eigenvalue weighted by molar-refractivity contribution is 6.17. The van der Waals surface area contributed by atoms with Crippen LogP contribution in [0.4, 0.5) is 0 Å². The van der Waals surface area contributed by atoms with Crippen molar-refractivity contribution in [3.05, 3.63) is 71.5 Å². The molecule has 4 aromatic rings. The lowest BCUT2D eigenvalue weighted by Gasteiger charge is -2.15. The van der Waals surface area contributed by atoms with Crippen molar-refractivity contribution in [2.45, 2.75) is 32.7 Å². The van der Waals surface area contributed by atoms with Gasteiger partial charge in [-0.05, 0) is 43.4 Å². The molecule has 0 saturated carbocycles. The van der Waals surface area contributed by atoms with Gasteiger partial charge in [0.1, 0.15) is 0 Å². The van der Waals surface area contributed by atoms with E-state index in [1.807, 2.05) is 30.6 Å². The second-order valence-corrected chi connectivity index (χ2v) is 7.82. The van der Waals surface area contributed by atoms with Crippen molar-refractivity contribution in [2.75, 3.05) is 0 Å². The van der Waals surface area contributed by atoms with Crippen LogP contribution in [0.5, 0.6) is 0 Å². The Hall–Kier alpha value is -3.14.